The van der Waals surface area contributed by atoms with Gasteiger partial charge in [-0.1, -0.05) is 12.1 Å². The molecule has 25 heavy (non-hydrogen) atoms. The number of nitrogens with one attached hydrogen (secondary N) is 2. The Morgan fingerprint density at radius 1 is 1.32 bits per heavy atom. The number of carbonyl (C=O) groups is 1. The van der Waals surface area contributed by atoms with Gasteiger partial charge in [-0.25, -0.2) is 8.42 Å². The second-order valence-electron chi connectivity index (χ2n) is 6.27. The number of piperazine rings is 1. The second-order valence-corrected chi connectivity index (χ2v) is 7.92. The molecule has 3 unspecified atom stereocenters. The molecule has 1 aromatic carbocycles. The van der Waals surface area contributed by atoms with Gasteiger partial charge < -0.3 is 10.2 Å². The lowest BCUT2D eigenvalue weighted by Crippen LogP contribution is -2.58. The summed E-state index contributed by atoms with van der Waals surface area (Å²) >= 11 is 0. The van der Waals surface area contributed by atoms with Gasteiger partial charge in [0.15, 0.2) is 0 Å². The summed E-state index contributed by atoms with van der Waals surface area (Å²) in [5.41, 5.74) is 0.513. The van der Waals surface area contributed by atoms with E-state index in [1.54, 1.807) is 25.1 Å². The van der Waals surface area contributed by atoms with Crippen molar-refractivity contribution in [2.45, 2.75) is 43.8 Å². The van der Waals surface area contributed by atoms with Gasteiger partial charge in [0.2, 0.25) is 5.91 Å². The van der Waals surface area contributed by atoms with E-state index in [-0.39, 0.29) is 41.1 Å². The monoisotopic (exact) mass is 386 g/mol. The van der Waals surface area contributed by atoms with E-state index in [1.165, 1.54) is 6.07 Å². The zero-order chi connectivity index (χ0) is 17.5. The zero-order valence-electron chi connectivity index (χ0n) is 14.4. The summed E-state index contributed by atoms with van der Waals surface area (Å²) in [4.78, 5) is 19.1. The van der Waals surface area contributed by atoms with Crippen LogP contribution in [0.15, 0.2) is 34.2 Å². The second kappa shape index (κ2) is 7.31. The maximum absolute atomic E-state index is 12.7. The molecular weight excluding hydrogens is 364 g/mol. The lowest BCUT2D eigenvalue weighted by atomic mass is 10.1. The van der Waals surface area contributed by atoms with Crippen molar-refractivity contribution in [1.29, 1.82) is 0 Å². The zero-order valence-corrected chi connectivity index (χ0v) is 16.0. The number of rotatable bonds is 2. The minimum absolute atomic E-state index is 0. The molecule has 9 heteroatoms. The van der Waals surface area contributed by atoms with E-state index in [0.717, 1.165) is 6.54 Å². The molecule has 0 bridgehead atoms. The molecule has 2 heterocycles. The minimum atomic E-state index is -3.59. The van der Waals surface area contributed by atoms with Crippen LogP contribution in [-0.4, -0.2) is 56.3 Å². The highest BCUT2D eigenvalue weighted by Crippen LogP contribution is 2.23. The van der Waals surface area contributed by atoms with Crippen LogP contribution in [0, 0.1) is 0 Å². The normalized spacial score (nSPS) is 27.2. The quantitative estimate of drug-likeness (QED) is 0.784. The fourth-order valence-corrected chi connectivity index (χ4v) is 4.33. The van der Waals surface area contributed by atoms with Crippen molar-refractivity contribution in [2.24, 2.45) is 4.99 Å². The van der Waals surface area contributed by atoms with Crippen molar-refractivity contribution in [3.8, 4) is 0 Å². The number of hydrogen-bond donors (Lipinski definition) is 2. The van der Waals surface area contributed by atoms with E-state index in [0.29, 0.717) is 12.1 Å². The summed E-state index contributed by atoms with van der Waals surface area (Å²) in [6.45, 7) is 7.12. The summed E-state index contributed by atoms with van der Waals surface area (Å²) in [5.74, 6) is 0.147. The number of hydrogen-bond acceptors (Lipinski definition) is 5. The van der Waals surface area contributed by atoms with Crippen LogP contribution in [0.3, 0.4) is 0 Å². The van der Waals surface area contributed by atoms with Crippen LogP contribution in [-0.2, 0) is 14.8 Å². The summed E-state index contributed by atoms with van der Waals surface area (Å²) < 4.78 is 26.7. The summed E-state index contributed by atoms with van der Waals surface area (Å²) in [6, 6.07) is 6.28. The van der Waals surface area contributed by atoms with Gasteiger partial charge in [0.25, 0.3) is 10.0 Å². The Hall–Kier alpha value is -1.64. The van der Waals surface area contributed by atoms with Gasteiger partial charge in [-0.3, -0.25) is 14.5 Å². The lowest BCUT2D eigenvalue weighted by molar-refractivity contribution is -0.135. The molecule has 1 aromatic rings. The van der Waals surface area contributed by atoms with E-state index in [9.17, 15) is 13.2 Å². The molecule has 0 aliphatic carbocycles. The highest BCUT2D eigenvalue weighted by molar-refractivity contribution is 7.90. The molecule has 0 aromatic heterocycles. The standard InChI is InChI=1S/C16H22N4O3S.ClH/c1-10-12(3)20(9-8-17-10)16(21)11(2)18-15-13-6-4-5-7-14(13)24(22,23)19-15;/h4-7,10-12,17H,8-9H2,1-3H3,(H,18,19);1H. The first-order chi connectivity index (χ1) is 11.3. The number of carbonyl (C=O) groups excluding carboxylic acids is 1. The molecule has 1 amide bonds. The number of amidine groups is 1. The number of amides is 1. The Kier molecular flexibility index (Phi) is 5.75. The molecule has 0 saturated carbocycles. The number of sulfonamides is 1. The number of halogens is 1. The van der Waals surface area contributed by atoms with Crippen molar-refractivity contribution < 1.29 is 13.2 Å². The highest BCUT2D eigenvalue weighted by atomic mass is 35.5. The molecule has 2 aliphatic heterocycles. The maximum Gasteiger partial charge on any atom is 0.263 e. The van der Waals surface area contributed by atoms with Crippen molar-refractivity contribution in [3.63, 3.8) is 0 Å². The Morgan fingerprint density at radius 2 is 2.00 bits per heavy atom. The first kappa shape index (κ1) is 19.7. The van der Waals surface area contributed by atoms with Crippen molar-refractivity contribution in [2.75, 3.05) is 13.1 Å². The molecule has 2 N–H and O–H groups in total. The van der Waals surface area contributed by atoms with E-state index in [1.807, 2.05) is 18.7 Å². The molecule has 2 aliphatic rings. The molecule has 0 spiro atoms. The van der Waals surface area contributed by atoms with Crippen LogP contribution >= 0.6 is 12.4 Å². The average molecular weight is 387 g/mol. The van der Waals surface area contributed by atoms with Gasteiger partial charge in [0, 0.05) is 30.7 Å². The average Bonchev–Trinajstić information content (AvgIpc) is 2.80. The smallest absolute Gasteiger partial charge is 0.263 e. The van der Waals surface area contributed by atoms with Gasteiger partial charge in [-0.05, 0) is 32.9 Å². The van der Waals surface area contributed by atoms with E-state index in [2.05, 4.69) is 15.0 Å². The van der Waals surface area contributed by atoms with Gasteiger partial charge >= 0.3 is 0 Å². The van der Waals surface area contributed by atoms with Gasteiger partial charge in [0.05, 0.1) is 4.90 Å². The molecule has 3 rings (SSSR count). The topological polar surface area (TPSA) is 90.9 Å². The Labute approximate surface area is 154 Å². The van der Waals surface area contributed by atoms with Crippen molar-refractivity contribution in [1.82, 2.24) is 14.9 Å². The summed E-state index contributed by atoms with van der Waals surface area (Å²) in [5, 5.41) is 3.33. The van der Waals surface area contributed by atoms with Crippen molar-refractivity contribution in [3.05, 3.63) is 29.8 Å². The van der Waals surface area contributed by atoms with Crippen LogP contribution in [0.2, 0.25) is 0 Å². The van der Waals surface area contributed by atoms with E-state index < -0.39 is 16.1 Å². The fourth-order valence-electron chi connectivity index (χ4n) is 3.09. The number of aliphatic imine (C=N–C) groups is 1. The van der Waals surface area contributed by atoms with Gasteiger partial charge in [-0.15, -0.1) is 12.4 Å². The third-order valence-corrected chi connectivity index (χ3v) is 6.06. The van der Waals surface area contributed by atoms with Crippen LogP contribution in [0.5, 0.6) is 0 Å². The third-order valence-electron chi connectivity index (χ3n) is 4.66. The van der Waals surface area contributed by atoms with E-state index >= 15 is 0 Å². The Morgan fingerprint density at radius 3 is 2.72 bits per heavy atom. The molecule has 1 saturated heterocycles. The fraction of sp³-hybridized carbons (Fsp3) is 0.500. The highest BCUT2D eigenvalue weighted by Gasteiger charge is 2.34. The Balaban J connectivity index is 0.00000225. The first-order valence-electron chi connectivity index (χ1n) is 8.05. The summed E-state index contributed by atoms with van der Waals surface area (Å²) in [7, 11) is -3.59. The number of benzene rings is 1. The number of fused-ring (bicyclic) bond motifs is 1. The SMILES string of the molecule is CC(N=C1NS(=O)(=O)c2ccccc21)C(=O)N1CCNC(C)C1C.Cl. The predicted octanol–water partition coefficient (Wildman–Crippen LogP) is 0.744. The van der Waals surface area contributed by atoms with Crippen LogP contribution in [0.25, 0.3) is 0 Å². The molecule has 0 radical (unpaired) electrons. The molecule has 138 valence electrons. The van der Waals surface area contributed by atoms with Crippen LogP contribution in [0.4, 0.5) is 0 Å². The van der Waals surface area contributed by atoms with Crippen molar-refractivity contribution >= 4 is 34.2 Å². The Bertz CT molecular complexity index is 796. The minimum Gasteiger partial charge on any atom is -0.335 e. The first-order valence-corrected chi connectivity index (χ1v) is 9.53. The predicted molar refractivity (Wildman–Crippen MR) is 98.7 cm³/mol. The van der Waals surface area contributed by atoms with E-state index in [4.69, 9.17) is 0 Å². The largest absolute Gasteiger partial charge is 0.335 e. The molecule has 3 atom stereocenters. The summed E-state index contributed by atoms with van der Waals surface area (Å²) in [6.07, 6.45) is 0. The molecule has 1 fully saturated rings. The maximum atomic E-state index is 12.7. The van der Waals surface area contributed by atoms with Crippen LogP contribution in [0.1, 0.15) is 26.3 Å². The number of nitrogens with zero attached hydrogens (tertiary/aromatic N) is 2. The van der Waals surface area contributed by atoms with Gasteiger partial charge in [0.1, 0.15) is 11.9 Å². The lowest BCUT2D eigenvalue weighted by Gasteiger charge is -2.39. The third kappa shape index (κ3) is 3.65. The van der Waals surface area contributed by atoms with Gasteiger partial charge in [-0.2, -0.15) is 0 Å². The molecule has 7 nitrogen and oxygen atoms in total. The van der Waals surface area contributed by atoms with Crippen LogP contribution < -0.4 is 10.0 Å². The molecular formula is C16H23ClN4O3S.